The molecule has 0 aliphatic carbocycles. The summed E-state index contributed by atoms with van der Waals surface area (Å²) in [6.07, 6.45) is 0. The molecule has 0 fully saturated rings. The predicted molar refractivity (Wildman–Crippen MR) is 126 cm³/mol. The molecule has 1 aromatic heterocycles. The maximum absolute atomic E-state index is 13.5. The third-order valence-electron chi connectivity index (χ3n) is 5.13. The summed E-state index contributed by atoms with van der Waals surface area (Å²) in [7, 11) is 0. The standard InChI is InChI=1S/C26H21N3O4/c1-17(30)22-23(19-10-6-3-7-11-19)28-29(16-18-8-4-2-5-9-18)25(31)24(22)27-21-14-12-20(13-15-21)26(32)33/h2-15,27H,16H2,1H3,(H,32,33). The first-order chi connectivity index (χ1) is 15.9. The second kappa shape index (κ2) is 9.32. The molecule has 0 atom stereocenters. The molecule has 0 unspecified atom stereocenters. The van der Waals surface area contributed by atoms with E-state index in [4.69, 9.17) is 5.11 Å². The molecule has 7 heteroatoms. The molecular formula is C26H21N3O4. The van der Waals surface area contributed by atoms with Crippen molar-refractivity contribution in [1.29, 1.82) is 0 Å². The van der Waals surface area contributed by atoms with Crippen molar-refractivity contribution in [1.82, 2.24) is 9.78 Å². The third-order valence-corrected chi connectivity index (χ3v) is 5.13. The number of aromatic nitrogens is 2. The van der Waals surface area contributed by atoms with Crippen molar-refractivity contribution in [2.45, 2.75) is 13.5 Å². The van der Waals surface area contributed by atoms with Gasteiger partial charge in [0.05, 0.1) is 17.7 Å². The molecule has 4 aromatic rings. The normalized spacial score (nSPS) is 10.6. The van der Waals surface area contributed by atoms with Crippen molar-refractivity contribution in [3.8, 4) is 11.3 Å². The number of hydrogen-bond acceptors (Lipinski definition) is 5. The Labute approximate surface area is 190 Å². The molecule has 0 spiro atoms. The molecule has 0 aliphatic rings. The van der Waals surface area contributed by atoms with E-state index >= 15 is 0 Å². The molecule has 0 aliphatic heterocycles. The van der Waals surface area contributed by atoms with Crippen LogP contribution in [-0.2, 0) is 6.54 Å². The highest BCUT2D eigenvalue weighted by Crippen LogP contribution is 2.28. The van der Waals surface area contributed by atoms with Crippen LogP contribution in [0.2, 0.25) is 0 Å². The van der Waals surface area contributed by atoms with Crippen molar-refractivity contribution in [2.75, 3.05) is 5.32 Å². The highest BCUT2D eigenvalue weighted by atomic mass is 16.4. The van der Waals surface area contributed by atoms with Crippen LogP contribution in [0.1, 0.15) is 33.2 Å². The van der Waals surface area contributed by atoms with E-state index in [9.17, 15) is 14.4 Å². The molecule has 2 N–H and O–H groups in total. The summed E-state index contributed by atoms with van der Waals surface area (Å²) < 4.78 is 1.33. The summed E-state index contributed by atoms with van der Waals surface area (Å²) in [5.74, 6) is -1.36. The van der Waals surface area contributed by atoms with E-state index in [-0.39, 0.29) is 29.1 Å². The number of nitrogens with one attached hydrogen (secondary N) is 1. The molecule has 0 radical (unpaired) electrons. The number of carbonyl (C=O) groups is 2. The molecule has 0 saturated carbocycles. The van der Waals surface area contributed by atoms with Crippen LogP contribution in [0.25, 0.3) is 11.3 Å². The lowest BCUT2D eigenvalue weighted by Crippen LogP contribution is -2.29. The SMILES string of the molecule is CC(=O)c1c(-c2ccccc2)nn(Cc2ccccc2)c(=O)c1Nc1ccc(C(=O)O)cc1. The average Bonchev–Trinajstić information content (AvgIpc) is 2.82. The predicted octanol–water partition coefficient (Wildman–Crippen LogP) is 4.60. The molecular weight excluding hydrogens is 418 g/mol. The van der Waals surface area contributed by atoms with Gasteiger partial charge >= 0.3 is 5.97 Å². The maximum Gasteiger partial charge on any atom is 0.335 e. The second-order valence-corrected chi connectivity index (χ2v) is 7.48. The second-order valence-electron chi connectivity index (χ2n) is 7.48. The van der Waals surface area contributed by atoms with E-state index in [0.29, 0.717) is 16.9 Å². The number of nitrogens with zero attached hydrogens (tertiary/aromatic N) is 2. The van der Waals surface area contributed by atoms with Crippen molar-refractivity contribution in [2.24, 2.45) is 0 Å². The molecule has 0 bridgehead atoms. The van der Waals surface area contributed by atoms with Gasteiger partial charge in [-0.1, -0.05) is 60.7 Å². The lowest BCUT2D eigenvalue weighted by atomic mass is 10.0. The molecule has 0 saturated heterocycles. The highest BCUT2D eigenvalue weighted by Gasteiger charge is 2.22. The Morgan fingerprint density at radius 2 is 1.52 bits per heavy atom. The Morgan fingerprint density at radius 1 is 0.909 bits per heavy atom. The van der Waals surface area contributed by atoms with Gasteiger partial charge in [0.25, 0.3) is 5.56 Å². The number of rotatable bonds is 7. The molecule has 164 valence electrons. The summed E-state index contributed by atoms with van der Waals surface area (Å²) in [6, 6.07) is 24.6. The Bertz CT molecular complexity index is 1360. The van der Waals surface area contributed by atoms with E-state index < -0.39 is 11.5 Å². The largest absolute Gasteiger partial charge is 0.478 e. The third kappa shape index (κ3) is 4.72. The molecule has 7 nitrogen and oxygen atoms in total. The van der Waals surface area contributed by atoms with Gasteiger partial charge in [-0.3, -0.25) is 9.59 Å². The van der Waals surface area contributed by atoms with Crippen molar-refractivity contribution >= 4 is 23.1 Å². The fourth-order valence-electron chi connectivity index (χ4n) is 3.53. The van der Waals surface area contributed by atoms with Gasteiger partial charge in [0, 0.05) is 11.3 Å². The lowest BCUT2D eigenvalue weighted by molar-refractivity contribution is 0.0696. The van der Waals surface area contributed by atoms with Crippen molar-refractivity contribution in [3.63, 3.8) is 0 Å². The van der Waals surface area contributed by atoms with Gasteiger partial charge in [-0.15, -0.1) is 0 Å². The first-order valence-corrected chi connectivity index (χ1v) is 10.3. The number of carboxylic acid groups (broad SMARTS) is 1. The number of hydrogen-bond donors (Lipinski definition) is 2. The Morgan fingerprint density at radius 3 is 2.09 bits per heavy atom. The summed E-state index contributed by atoms with van der Waals surface area (Å²) >= 11 is 0. The van der Waals surface area contributed by atoms with Crippen LogP contribution in [0.15, 0.2) is 89.7 Å². The molecule has 0 amide bonds. The van der Waals surface area contributed by atoms with Crippen molar-refractivity contribution < 1.29 is 14.7 Å². The number of carboxylic acids is 1. The zero-order valence-electron chi connectivity index (χ0n) is 17.9. The number of carbonyl (C=O) groups excluding carboxylic acids is 1. The summed E-state index contributed by atoms with van der Waals surface area (Å²) in [5, 5.41) is 16.7. The number of benzene rings is 3. The zero-order chi connectivity index (χ0) is 23.4. The zero-order valence-corrected chi connectivity index (χ0v) is 17.9. The van der Waals surface area contributed by atoms with Crippen LogP contribution in [0.4, 0.5) is 11.4 Å². The first-order valence-electron chi connectivity index (χ1n) is 10.3. The molecule has 33 heavy (non-hydrogen) atoms. The maximum atomic E-state index is 13.5. The van der Waals surface area contributed by atoms with Crippen molar-refractivity contribution in [3.05, 3.63) is 112 Å². The minimum absolute atomic E-state index is 0.0929. The molecule has 1 heterocycles. The molecule has 4 rings (SSSR count). The van der Waals surface area contributed by atoms with Crippen LogP contribution in [0.3, 0.4) is 0 Å². The Kier molecular flexibility index (Phi) is 6.13. The van der Waals surface area contributed by atoms with E-state index in [1.165, 1.54) is 23.7 Å². The smallest absolute Gasteiger partial charge is 0.335 e. The van der Waals surface area contributed by atoms with Gasteiger partial charge in [-0.25, -0.2) is 9.48 Å². The van der Waals surface area contributed by atoms with E-state index in [1.54, 1.807) is 12.1 Å². The summed E-state index contributed by atoms with van der Waals surface area (Å²) in [4.78, 5) is 37.3. The minimum atomic E-state index is -1.05. The van der Waals surface area contributed by atoms with Gasteiger partial charge in [0.2, 0.25) is 0 Å². The van der Waals surface area contributed by atoms with E-state index in [2.05, 4.69) is 10.4 Å². The van der Waals surface area contributed by atoms with E-state index in [1.807, 2.05) is 60.7 Å². The quantitative estimate of drug-likeness (QED) is 0.408. The van der Waals surface area contributed by atoms with Crippen LogP contribution in [0.5, 0.6) is 0 Å². The highest BCUT2D eigenvalue weighted by molar-refractivity contribution is 6.05. The Hall–Kier alpha value is -4.52. The van der Waals surface area contributed by atoms with Crippen LogP contribution in [0, 0.1) is 0 Å². The first kappa shape index (κ1) is 21.7. The van der Waals surface area contributed by atoms with Gasteiger partial charge in [0.1, 0.15) is 11.4 Å². The van der Waals surface area contributed by atoms with Gasteiger partial charge < -0.3 is 10.4 Å². The number of ketones is 1. The van der Waals surface area contributed by atoms with Gasteiger partial charge in [-0.05, 0) is 36.8 Å². The number of anilines is 2. The fraction of sp³-hybridized carbons (Fsp3) is 0.0769. The molecule has 3 aromatic carbocycles. The summed E-state index contributed by atoms with van der Waals surface area (Å²) in [5.41, 5.74) is 2.40. The summed E-state index contributed by atoms with van der Waals surface area (Å²) in [6.45, 7) is 1.62. The van der Waals surface area contributed by atoms with Gasteiger partial charge in [0.15, 0.2) is 5.78 Å². The van der Waals surface area contributed by atoms with E-state index in [0.717, 1.165) is 5.56 Å². The monoisotopic (exact) mass is 439 g/mol. The Balaban J connectivity index is 1.90. The topological polar surface area (TPSA) is 101 Å². The van der Waals surface area contributed by atoms with Crippen LogP contribution < -0.4 is 10.9 Å². The fourth-order valence-corrected chi connectivity index (χ4v) is 3.53. The lowest BCUT2D eigenvalue weighted by Gasteiger charge is -2.17. The van der Waals surface area contributed by atoms with Crippen LogP contribution >= 0.6 is 0 Å². The average molecular weight is 439 g/mol. The number of aromatic carboxylic acids is 1. The number of Topliss-reactive ketones (excluding diaryl/α,β-unsaturated/α-hetero) is 1. The van der Waals surface area contributed by atoms with Crippen LogP contribution in [-0.4, -0.2) is 26.6 Å². The van der Waals surface area contributed by atoms with Gasteiger partial charge in [-0.2, -0.15) is 5.10 Å². The minimum Gasteiger partial charge on any atom is -0.478 e.